The van der Waals surface area contributed by atoms with E-state index in [-0.39, 0.29) is 35.6 Å². The van der Waals surface area contributed by atoms with Crippen LogP contribution in [0.1, 0.15) is 144 Å². The summed E-state index contributed by atoms with van der Waals surface area (Å²) in [6.07, 6.45) is 24.6. The van der Waals surface area contributed by atoms with Gasteiger partial charge in [0.25, 0.3) is 0 Å². The maximum Gasteiger partial charge on any atom is 0.311 e. The minimum Gasteiger partial charge on any atom is -0.427 e. The topological polar surface area (TPSA) is 59.1 Å². The molecule has 10 rings (SSSR count). The van der Waals surface area contributed by atoms with Crippen LogP contribution in [0.25, 0.3) is 0 Å². The first-order valence-electron chi connectivity index (χ1n) is 22.1. The minimum atomic E-state index is -0.256. The zero-order valence-corrected chi connectivity index (χ0v) is 32.1. The molecule has 0 spiro atoms. The van der Waals surface area contributed by atoms with Crippen molar-refractivity contribution in [1.82, 2.24) is 9.80 Å². The number of likely N-dealkylation sites (tertiary alicyclic amines) is 2. The van der Waals surface area contributed by atoms with Crippen molar-refractivity contribution < 1.29 is 19.1 Å². The van der Waals surface area contributed by atoms with E-state index < -0.39 is 0 Å². The van der Waals surface area contributed by atoms with Crippen molar-refractivity contribution in [1.29, 1.82) is 0 Å². The third kappa shape index (κ3) is 6.21. The van der Waals surface area contributed by atoms with Gasteiger partial charge in [0.1, 0.15) is 11.5 Å². The number of piperidine rings is 2. The number of hydrogen-bond donors (Lipinski definition) is 0. The Morgan fingerprint density at radius 1 is 0.585 bits per heavy atom. The second kappa shape index (κ2) is 14.1. The van der Waals surface area contributed by atoms with Crippen molar-refractivity contribution >= 4 is 11.9 Å². The number of nitrogens with zero attached hydrogens (tertiary/aromatic N) is 2. The number of fused-ring (bicyclic) bond motifs is 2. The van der Waals surface area contributed by atoms with E-state index in [1.807, 2.05) is 12.1 Å². The molecule has 4 saturated carbocycles. The van der Waals surface area contributed by atoms with Crippen LogP contribution in [0.4, 0.5) is 0 Å². The highest BCUT2D eigenvalue weighted by Gasteiger charge is 2.55. The summed E-state index contributed by atoms with van der Waals surface area (Å²) in [5.41, 5.74) is 6.36. The van der Waals surface area contributed by atoms with Gasteiger partial charge in [-0.25, -0.2) is 0 Å². The molecular weight excluding hydrogens is 657 g/mol. The largest absolute Gasteiger partial charge is 0.427 e. The second-order valence-corrected chi connectivity index (χ2v) is 19.1. The number of ether oxygens (including phenoxy) is 2. The van der Waals surface area contributed by atoms with Crippen LogP contribution in [0.5, 0.6) is 11.5 Å². The van der Waals surface area contributed by atoms with Crippen LogP contribution in [0.2, 0.25) is 0 Å². The summed E-state index contributed by atoms with van der Waals surface area (Å²) in [6.45, 7) is 5.01. The molecule has 2 aromatic rings. The molecule has 4 bridgehead atoms. The Hall–Kier alpha value is -2.70. The molecule has 0 radical (unpaired) electrons. The first kappa shape index (κ1) is 34.8. The SMILES string of the molecule is O=C(CCCC(=O)Oc1ccc2c(c1)[C@@]13CCCC[C@H]1[C@@H](C2)N(CC1CCC1)CC3)Oc1ccc2c(c1)[C@@]13CCCC[C@H]1[C@@H](C2)N(CC1CCC1)CC3. The number of carbonyl (C=O) groups excluding carboxylic acids is 2. The van der Waals surface area contributed by atoms with Gasteiger partial charge in [0.05, 0.1) is 0 Å². The zero-order chi connectivity index (χ0) is 35.6. The van der Waals surface area contributed by atoms with Crippen molar-refractivity contribution in [2.24, 2.45) is 23.7 Å². The van der Waals surface area contributed by atoms with Crippen molar-refractivity contribution in [3.63, 3.8) is 0 Å². The number of hydrogen-bond acceptors (Lipinski definition) is 6. The standard InChI is InChI=1S/C47H62N2O4/c50-44(52-36-18-16-34-26-42-38-12-1-3-20-46(38,40(34)28-36)22-24-48(42)30-32-8-5-9-32)14-7-15-45(51)53-37-19-17-35-27-43-39-13-2-4-21-47(39,41(35)29-37)23-25-49(43)31-33-10-6-11-33/h16-19,28-29,32-33,38-39,42-43H,1-15,20-27,30-31H2/t38-,39-,42+,43+,46+,47+/m0/s1. The van der Waals surface area contributed by atoms with Crippen molar-refractivity contribution in [3.8, 4) is 11.5 Å². The fourth-order valence-electron chi connectivity index (χ4n) is 13.5. The molecule has 0 unspecified atom stereocenters. The summed E-state index contributed by atoms with van der Waals surface area (Å²) in [5.74, 6) is 4.11. The molecule has 53 heavy (non-hydrogen) atoms. The van der Waals surface area contributed by atoms with Gasteiger partial charge in [-0.1, -0.05) is 50.7 Å². The Balaban J connectivity index is 0.757. The van der Waals surface area contributed by atoms with E-state index in [4.69, 9.17) is 9.47 Å². The number of carbonyl (C=O) groups is 2. The van der Waals surface area contributed by atoms with Crippen LogP contribution in [0, 0.1) is 23.7 Å². The molecule has 0 N–H and O–H groups in total. The predicted molar refractivity (Wildman–Crippen MR) is 207 cm³/mol. The summed E-state index contributed by atoms with van der Waals surface area (Å²) in [7, 11) is 0. The predicted octanol–water partition coefficient (Wildman–Crippen LogP) is 9.08. The van der Waals surface area contributed by atoms with Crippen LogP contribution < -0.4 is 9.47 Å². The summed E-state index contributed by atoms with van der Waals surface area (Å²) in [6, 6.07) is 14.3. The molecule has 284 valence electrons. The molecule has 6 nitrogen and oxygen atoms in total. The summed E-state index contributed by atoms with van der Waals surface area (Å²) in [4.78, 5) is 32.0. The molecule has 2 aromatic carbocycles. The molecule has 6 aliphatic carbocycles. The summed E-state index contributed by atoms with van der Waals surface area (Å²) < 4.78 is 11.9. The van der Waals surface area contributed by atoms with Crippen LogP contribution in [-0.2, 0) is 33.3 Å². The Morgan fingerprint density at radius 3 is 1.49 bits per heavy atom. The van der Waals surface area contributed by atoms with Crippen LogP contribution in [0.3, 0.4) is 0 Å². The lowest BCUT2D eigenvalue weighted by molar-refractivity contribution is -0.136. The van der Waals surface area contributed by atoms with Gasteiger partial charge in [0.15, 0.2) is 0 Å². The molecule has 0 aromatic heterocycles. The summed E-state index contributed by atoms with van der Waals surface area (Å²) in [5, 5.41) is 0. The monoisotopic (exact) mass is 718 g/mol. The highest BCUT2D eigenvalue weighted by Crippen LogP contribution is 2.58. The Bertz CT molecular complexity index is 1590. The third-order valence-electron chi connectivity index (χ3n) is 16.5. The minimum absolute atomic E-state index is 0.214. The number of esters is 2. The second-order valence-electron chi connectivity index (χ2n) is 19.1. The number of benzene rings is 2. The van der Waals surface area contributed by atoms with Gasteiger partial charge in [-0.15, -0.1) is 0 Å². The Kier molecular flexibility index (Phi) is 9.25. The van der Waals surface area contributed by atoms with Gasteiger partial charge in [-0.2, -0.15) is 0 Å². The van der Waals surface area contributed by atoms with Gasteiger partial charge in [-0.3, -0.25) is 19.4 Å². The number of rotatable bonds is 10. The normalized spacial score (nSPS) is 33.7. The van der Waals surface area contributed by atoms with Gasteiger partial charge in [-0.05, 0) is 167 Å². The highest BCUT2D eigenvalue weighted by atomic mass is 16.5. The third-order valence-corrected chi connectivity index (χ3v) is 16.5. The lowest BCUT2D eigenvalue weighted by Gasteiger charge is -2.59. The maximum absolute atomic E-state index is 13.1. The molecule has 2 aliphatic heterocycles. The zero-order valence-electron chi connectivity index (χ0n) is 32.1. The van der Waals surface area contributed by atoms with Gasteiger partial charge in [0, 0.05) is 48.8 Å². The molecule has 0 amide bonds. The fourth-order valence-corrected chi connectivity index (χ4v) is 13.5. The van der Waals surface area contributed by atoms with E-state index in [1.165, 1.54) is 151 Å². The fraction of sp³-hybridized carbons (Fsp3) is 0.702. The van der Waals surface area contributed by atoms with Gasteiger partial charge >= 0.3 is 11.9 Å². The van der Waals surface area contributed by atoms with Crippen molar-refractivity contribution in [3.05, 3.63) is 58.7 Å². The van der Waals surface area contributed by atoms with E-state index in [2.05, 4.69) is 34.1 Å². The van der Waals surface area contributed by atoms with Crippen LogP contribution in [0.15, 0.2) is 36.4 Å². The smallest absolute Gasteiger partial charge is 0.311 e. The lowest BCUT2D eigenvalue weighted by atomic mass is 9.52. The quantitative estimate of drug-likeness (QED) is 0.181. The molecule has 6 atom stereocenters. The van der Waals surface area contributed by atoms with Crippen LogP contribution >= 0.6 is 0 Å². The van der Waals surface area contributed by atoms with Crippen molar-refractivity contribution in [2.45, 2.75) is 158 Å². The van der Waals surface area contributed by atoms with E-state index in [9.17, 15) is 9.59 Å². The van der Waals surface area contributed by atoms with E-state index in [1.54, 1.807) is 0 Å². The maximum atomic E-state index is 13.1. The molecule has 2 heterocycles. The molecule has 6 heteroatoms. The molecular formula is C47H62N2O4. The lowest BCUT2D eigenvalue weighted by Crippen LogP contribution is -2.61. The van der Waals surface area contributed by atoms with E-state index in [0.29, 0.717) is 30.0 Å². The van der Waals surface area contributed by atoms with E-state index >= 15 is 0 Å². The van der Waals surface area contributed by atoms with Crippen molar-refractivity contribution in [2.75, 3.05) is 26.2 Å². The molecule has 8 aliphatic rings. The average molecular weight is 719 g/mol. The molecule has 6 fully saturated rings. The Morgan fingerprint density at radius 2 is 1.06 bits per heavy atom. The Labute approximate surface area is 317 Å². The molecule has 2 saturated heterocycles. The highest BCUT2D eigenvalue weighted by molar-refractivity contribution is 5.75. The average Bonchev–Trinajstić information content (AvgIpc) is 3.13. The van der Waals surface area contributed by atoms with E-state index in [0.717, 1.165) is 36.5 Å². The van der Waals surface area contributed by atoms with Gasteiger partial charge < -0.3 is 9.47 Å². The first-order valence-corrected chi connectivity index (χ1v) is 22.1. The van der Waals surface area contributed by atoms with Gasteiger partial charge in [0.2, 0.25) is 0 Å². The summed E-state index contributed by atoms with van der Waals surface area (Å²) >= 11 is 0. The van der Waals surface area contributed by atoms with Crippen LogP contribution in [-0.4, -0.2) is 60.0 Å². The first-order chi connectivity index (χ1) is 26.0.